The van der Waals surface area contributed by atoms with Crippen LogP contribution in [0.2, 0.25) is 0 Å². The van der Waals surface area contributed by atoms with E-state index in [1.807, 2.05) is 0 Å². The molecule has 7 N–H and O–H groups in total. The fourth-order valence-electron chi connectivity index (χ4n) is 4.75. The summed E-state index contributed by atoms with van der Waals surface area (Å²) in [4.78, 5) is 11.9. The molecule has 2 aromatic heterocycles. The predicted molar refractivity (Wildman–Crippen MR) is 139 cm³/mol. The Bertz CT molecular complexity index is 1430. The molecule has 9 atom stereocenters. The average molecular weight is 599 g/mol. The number of fused-ring (bicyclic) bond motifs is 2. The number of furan rings is 1. The molecule has 5 rings (SSSR count). The number of hydrogen-bond acceptors (Lipinski definition) is 15. The molecule has 0 amide bonds. The van der Waals surface area contributed by atoms with E-state index in [1.54, 1.807) is 18.2 Å². The van der Waals surface area contributed by atoms with Crippen LogP contribution in [-0.4, -0.2) is 123 Å². The largest absolute Gasteiger partial charge is 0.483 e. The minimum Gasteiger partial charge on any atom is -0.483 e. The topological polar surface area (TPSA) is 231 Å². The van der Waals surface area contributed by atoms with Crippen LogP contribution in [-0.2, 0) is 18.9 Å². The quantitative estimate of drug-likeness (QED) is 0.129. The molecule has 2 saturated heterocycles. The van der Waals surface area contributed by atoms with Gasteiger partial charge in [0.05, 0.1) is 31.7 Å². The first-order valence-electron chi connectivity index (χ1n) is 13.2. The van der Waals surface area contributed by atoms with E-state index in [0.717, 1.165) is 0 Å². The smallest absolute Gasteiger partial charge is 0.336 e. The summed E-state index contributed by atoms with van der Waals surface area (Å²) < 4.78 is 38.7. The molecule has 0 unspecified atom stereocenters. The number of aliphatic hydroxyl groups excluding tert-OH is 6. The summed E-state index contributed by atoms with van der Waals surface area (Å²) in [7, 11) is 0. The zero-order valence-corrected chi connectivity index (χ0v) is 22.7. The van der Waals surface area contributed by atoms with Gasteiger partial charge >= 0.3 is 5.63 Å². The number of rotatable bonds is 10. The van der Waals surface area contributed by atoms with Crippen molar-refractivity contribution in [3.63, 3.8) is 0 Å². The summed E-state index contributed by atoms with van der Waals surface area (Å²) in [5.41, 5.74) is -3.60. The SMILES string of the molecule is CC(C)(O[C@H]1O[C@@H](CO[C@@H]2OC[C@@](O)(CO)[C@H]2O)[C@H](O)[C@@H](O)[C@@H]1O)[C@H](O)COc1c2occc2cc2ccc(=O)oc12. The fraction of sp³-hybridized carbons (Fsp3) is 0.593. The lowest BCUT2D eigenvalue weighted by atomic mass is 9.97. The zero-order valence-electron chi connectivity index (χ0n) is 22.7. The highest BCUT2D eigenvalue weighted by Gasteiger charge is 2.51. The van der Waals surface area contributed by atoms with Crippen LogP contribution in [0.25, 0.3) is 21.9 Å². The molecule has 0 saturated carbocycles. The van der Waals surface area contributed by atoms with Gasteiger partial charge in [0.25, 0.3) is 0 Å². The van der Waals surface area contributed by atoms with Crippen molar-refractivity contribution in [2.75, 3.05) is 26.4 Å². The van der Waals surface area contributed by atoms with Crippen molar-refractivity contribution < 1.29 is 68.3 Å². The summed E-state index contributed by atoms with van der Waals surface area (Å²) in [6.45, 7) is 0.923. The third-order valence-corrected chi connectivity index (χ3v) is 7.56. The van der Waals surface area contributed by atoms with Crippen molar-refractivity contribution in [3.8, 4) is 5.75 Å². The van der Waals surface area contributed by atoms with Crippen molar-refractivity contribution >= 4 is 21.9 Å². The van der Waals surface area contributed by atoms with Crippen LogP contribution >= 0.6 is 0 Å². The molecule has 0 radical (unpaired) electrons. The van der Waals surface area contributed by atoms with E-state index in [2.05, 4.69) is 0 Å². The normalized spacial score (nSPS) is 32.9. The van der Waals surface area contributed by atoms with Gasteiger partial charge in [0, 0.05) is 16.8 Å². The second-order valence-electron chi connectivity index (χ2n) is 11.0. The Morgan fingerprint density at radius 2 is 1.79 bits per heavy atom. The Hall–Kier alpha value is -2.67. The monoisotopic (exact) mass is 598 g/mol. The van der Waals surface area contributed by atoms with Gasteiger partial charge in [-0.15, -0.1) is 0 Å². The van der Waals surface area contributed by atoms with Gasteiger partial charge in [0.2, 0.25) is 5.75 Å². The lowest BCUT2D eigenvalue weighted by Gasteiger charge is -2.44. The van der Waals surface area contributed by atoms with Crippen LogP contribution in [0.4, 0.5) is 0 Å². The molecule has 0 spiro atoms. The van der Waals surface area contributed by atoms with Crippen molar-refractivity contribution in [3.05, 3.63) is 40.9 Å². The number of hydrogen-bond donors (Lipinski definition) is 7. The highest BCUT2D eigenvalue weighted by Crippen LogP contribution is 2.36. The van der Waals surface area contributed by atoms with E-state index in [-0.39, 0.29) is 17.9 Å². The standard InChI is InChI=1S/C27H34O15/c1-26(2,15(29)9-37-22-20-13(5-6-36-20)7-12-3-4-16(30)41-21(12)22)42-24-19(33)18(32)17(31)14(40-24)8-38-25-23(34)27(35,10-28)11-39-25/h3-7,14-15,17-19,23-25,28-29,31-35H,8-11H2,1-2H3/t14-,15+,17-,18+,19-,23-,24+,25+,27-/m0/s1. The maximum absolute atomic E-state index is 11.9. The molecule has 15 heteroatoms. The molecule has 3 aromatic rings. The van der Waals surface area contributed by atoms with Gasteiger partial charge in [-0.2, -0.15) is 0 Å². The molecule has 2 aliphatic rings. The minimum atomic E-state index is -1.93. The number of ether oxygens (including phenoxy) is 5. The Balaban J connectivity index is 1.25. The Kier molecular flexibility index (Phi) is 8.63. The fourth-order valence-corrected chi connectivity index (χ4v) is 4.75. The molecule has 1 aromatic carbocycles. The van der Waals surface area contributed by atoms with Gasteiger partial charge in [0.15, 0.2) is 23.7 Å². The molecule has 232 valence electrons. The van der Waals surface area contributed by atoms with Crippen LogP contribution in [0.15, 0.2) is 44.2 Å². The van der Waals surface area contributed by atoms with E-state index in [4.69, 9.17) is 32.5 Å². The Morgan fingerprint density at radius 3 is 2.50 bits per heavy atom. The summed E-state index contributed by atoms with van der Waals surface area (Å²) in [5, 5.41) is 73.2. The second-order valence-corrected chi connectivity index (χ2v) is 11.0. The highest BCUT2D eigenvalue weighted by molar-refractivity contribution is 5.99. The van der Waals surface area contributed by atoms with Crippen molar-refractivity contribution in [2.24, 2.45) is 0 Å². The molecule has 0 aliphatic carbocycles. The predicted octanol–water partition coefficient (Wildman–Crippen LogP) is -1.66. The maximum Gasteiger partial charge on any atom is 0.336 e. The van der Waals surface area contributed by atoms with Crippen molar-refractivity contribution in [1.29, 1.82) is 0 Å². The number of aliphatic hydroxyl groups is 7. The molecule has 15 nitrogen and oxygen atoms in total. The lowest BCUT2D eigenvalue weighted by molar-refractivity contribution is -0.337. The van der Waals surface area contributed by atoms with Gasteiger partial charge in [-0.05, 0) is 32.0 Å². The van der Waals surface area contributed by atoms with Gasteiger partial charge in [0.1, 0.15) is 48.8 Å². The van der Waals surface area contributed by atoms with Crippen LogP contribution < -0.4 is 10.4 Å². The van der Waals surface area contributed by atoms with Crippen LogP contribution in [0.5, 0.6) is 5.75 Å². The van der Waals surface area contributed by atoms with Crippen molar-refractivity contribution in [2.45, 2.75) is 74.3 Å². The molecule has 2 aliphatic heterocycles. The Morgan fingerprint density at radius 1 is 1.05 bits per heavy atom. The first-order chi connectivity index (χ1) is 19.8. The summed E-state index contributed by atoms with van der Waals surface area (Å²) in [6, 6.07) is 6.28. The van der Waals surface area contributed by atoms with E-state index in [1.165, 1.54) is 26.2 Å². The second kappa shape index (κ2) is 11.8. The van der Waals surface area contributed by atoms with Crippen LogP contribution in [0.1, 0.15) is 13.8 Å². The molecule has 2 fully saturated rings. The summed E-state index contributed by atoms with van der Waals surface area (Å²) in [5.74, 6) is 0.0918. The molecule has 4 heterocycles. The van der Waals surface area contributed by atoms with Gasteiger partial charge in [-0.3, -0.25) is 0 Å². The van der Waals surface area contributed by atoms with E-state index >= 15 is 0 Å². The van der Waals surface area contributed by atoms with E-state index in [0.29, 0.717) is 16.4 Å². The third kappa shape index (κ3) is 5.78. The third-order valence-electron chi connectivity index (χ3n) is 7.56. The lowest BCUT2D eigenvalue weighted by Crippen LogP contribution is -2.62. The average Bonchev–Trinajstić information content (AvgIpc) is 3.54. The first-order valence-corrected chi connectivity index (χ1v) is 13.2. The maximum atomic E-state index is 11.9. The Labute approximate surface area is 238 Å². The summed E-state index contributed by atoms with van der Waals surface area (Å²) >= 11 is 0. The van der Waals surface area contributed by atoms with E-state index in [9.17, 15) is 40.5 Å². The van der Waals surface area contributed by atoms with Gasteiger partial charge < -0.3 is 68.3 Å². The zero-order chi connectivity index (χ0) is 30.4. The molecule has 0 bridgehead atoms. The van der Waals surface area contributed by atoms with Gasteiger partial charge in [-0.25, -0.2) is 4.79 Å². The minimum absolute atomic E-state index is 0.0918. The molecular formula is C27H34O15. The first kappa shape index (κ1) is 30.8. The van der Waals surface area contributed by atoms with Crippen LogP contribution in [0, 0.1) is 0 Å². The van der Waals surface area contributed by atoms with Crippen LogP contribution in [0.3, 0.4) is 0 Å². The number of benzene rings is 1. The summed E-state index contributed by atoms with van der Waals surface area (Å²) in [6.07, 6.45) is -10.9. The molecular weight excluding hydrogens is 564 g/mol. The molecule has 42 heavy (non-hydrogen) atoms. The van der Waals surface area contributed by atoms with Crippen molar-refractivity contribution in [1.82, 2.24) is 0 Å². The van der Waals surface area contributed by atoms with Gasteiger partial charge in [-0.1, -0.05) is 0 Å². The highest BCUT2D eigenvalue weighted by atomic mass is 16.7. The van der Waals surface area contributed by atoms with E-state index < -0.39 is 85.9 Å².